The Morgan fingerprint density at radius 2 is 1.43 bits per heavy atom. The van der Waals surface area contributed by atoms with Gasteiger partial charge in [0.05, 0.1) is 63.4 Å². The van der Waals surface area contributed by atoms with E-state index in [-0.39, 0.29) is 51.6 Å². The lowest BCUT2D eigenvalue weighted by Gasteiger charge is -2.42. The Kier molecular flexibility index (Phi) is 7.25. The maximum absolute atomic E-state index is 12.4. The molecule has 1 unspecified atom stereocenters. The number of nitrogens with zero attached hydrogens (tertiary/aromatic N) is 6. The number of ether oxygens (including phenoxy) is 2. The van der Waals surface area contributed by atoms with Gasteiger partial charge in [0.2, 0.25) is 0 Å². The number of rotatable bonds is 7. The Labute approximate surface area is 265 Å². The van der Waals surface area contributed by atoms with Crippen LogP contribution < -0.4 is 20.1 Å². The molecule has 4 aromatic rings. The van der Waals surface area contributed by atoms with E-state index < -0.39 is 31.6 Å². The first-order valence-corrected chi connectivity index (χ1v) is 13.9. The number of methoxy groups -OCH3 is 2. The summed E-state index contributed by atoms with van der Waals surface area (Å²) in [6, 6.07) is 21.4. The maximum atomic E-state index is 12.4. The van der Waals surface area contributed by atoms with Gasteiger partial charge >= 0.3 is 0 Å². The lowest BCUT2D eigenvalue weighted by atomic mass is 9.67. The summed E-state index contributed by atoms with van der Waals surface area (Å²) in [4.78, 5) is 40.7. The molecule has 0 bridgehead atoms. The minimum atomic E-state index is -1.74. The number of anilines is 1. The zero-order valence-corrected chi connectivity index (χ0v) is 24.7. The van der Waals surface area contributed by atoms with Gasteiger partial charge in [0.1, 0.15) is 23.2 Å². The fraction of sp³-hybridized carbons (Fsp3) is 0.125. The molecule has 6 rings (SSSR count). The van der Waals surface area contributed by atoms with E-state index in [0.717, 1.165) is 12.1 Å². The average molecular weight is 634 g/mol. The Morgan fingerprint density at radius 3 is 1.98 bits per heavy atom. The van der Waals surface area contributed by atoms with E-state index in [1.54, 1.807) is 48.5 Å². The molecule has 0 amide bonds. The second kappa shape index (κ2) is 11.3. The lowest BCUT2D eigenvalue weighted by molar-refractivity contribution is -0.393. The molecule has 1 atom stereocenters. The predicted octanol–water partition coefficient (Wildman–Crippen LogP) is 6.03. The summed E-state index contributed by atoms with van der Waals surface area (Å²) in [5.74, 6) is 1.23. The molecule has 0 saturated heterocycles. The standard InChI is InChI=1S/C32H23N7O8/c1-46-22-8-3-18(4-9-22)35-29-16-32(27(17-33)31(34)36(29)19-5-10-23(47-2)11-6-19)25-13-20(37(40)41)7-12-24(25)30-26(32)14-21(38(42)43)15-28(30)39(44)45/h3-15H,16,34H2,1-2H3. The molecular formula is C32H23N7O8. The average Bonchev–Trinajstić information content (AvgIpc) is 3.33. The monoisotopic (exact) mass is 633 g/mol. The molecule has 234 valence electrons. The van der Waals surface area contributed by atoms with Crippen LogP contribution in [0.1, 0.15) is 17.5 Å². The summed E-state index contributed by atoms with van der Waals surface area (Å²) >= 11 is 0. The number of hydrogen-bond donors (Lipinski definition) is 1. The van der Waals surface area contributed by atoms with Gasteiger partial charge in [-0.05, 0) is 71.3 Å². The Bertz CT molecular complexity index is 2100. The second-order valence-corrected chi connectivity index (χ2v) is 10.6. The van der Waals surface area contributed by atoms with E-state index in [4.69, 9.17) is 20.2 Å². The van der Waals surface area contributed by atoms with Gasteiger partial charge in [-0.25, -0.2) is 4.99 Å². The van der Waals surface area contributed by atoms with Crippen molar-refractivity contribution < 1.29 is 24.2 Å². The number of benzene rings is 4. The van der Waals surface area contributed by atoms with Gasteiger partial charge in [0.15, 0.2) is 0 Å². The van der Waals surface area contributed by atoms with Crippen molar-refractivity contribution in [2.45, 2.75) is 11.8 Å². The third-order valence-corrected chi connectivity index (χ3v) is 8.29. The fourth-order valence-corrected chi connectivity index (χ4v) is 6.24. The van der Waals surface area contributed by atoms with Gasteiger partial charge in [0.25, 0.3) is 17.1 Å². The van der Waals surface area contributed by atoms with Crippen LogP contribution in [0, 0.1) is 41.7 Å². The third kappa shape index (κ3) is 4.71. The first-order valence-electron chi connectivity index (χ1n) is 13.9. The fourth-order valence-electron chi connectivity index (χ4n) is 6.24. The van der Waals surface area contributed by atoms with Crippen LogP contribution in [0.3, 0.4) is 0 Å². The maximum Gasteiger partial charge on any atom is 0.284 e. The van der Waals surface area contributed by atoms with Crippen molar-refractivity contribution in [1.82, 2.24) is 0 Å². The van der Waals surface area contributed by atoms with Crippen molar-refractivity contribution in [3.63, 3.8) is 0 Å². The molecule has 0 radical (unpaired) electrons. The summed E-state index contributed by atoms with van der Waals surface area (Å²) in [6.07, 6.45) is -0.214. The Morgan fingerprint density at radius 1 is 0.830 bits per heavy atom. The lowest BCUT2D eigenvalue weighted by Crippen LogP contribution is -2.48. The number of nitro benzene ring substituents is 3. The molecule has 0 aromatic heterocycles. The number of non-ortho nitro benzene ring substituents is 2. The van der Waals surface area contributed by atoms with Crippen molar-refractivity contribution in [1.29, 1.82) is 5.26 Å². The van der Waals surface area contributed by atoms with Gasteiger partial charge in [-0.2, -0.15) is 5.26 Å². The quantitative estimate of drug-likeness (QED) is 0.183. The molecule has 1 aliphatic heterocycles. The smallest absolute Gasteiger partial charge is 0.284 e. The van der Waals surface area contributed by atoms with E-state index in [0.29, 0.717) is 22.9 Å². The molecule has 2 aliphatic rings. The van der Waals surface area contributed by atoms with Crippen molar-refractivity contribution in [3.05, 3.63) is 132 Å². The van der Waals surface area contributed by atoms with E-state index in [1.165, 1.54) is 37.3 Å². The van der Waals surface area contributed by atoms with Gasteiger partial charge in [-0.15, -0.1) is 0 Å². The van der Waals surface area contributed by atoms with Crippen molar-refractivity contribution in [3.8, 4) is 28.7 Å². The third-order valence-electron chi connectivity index (χ3n) is 8.29. The number of allylic oxidation sites excluding steroid dienone is 1. The summed E-state index contributed by atoms with van der Waals surface area (Å²) < 4.78 is 10.6. The summed E-state index contributed by atoms with van der Waals surface area (Å²) in [7, 11) is 3.02. The van der Waals surface area contributed by atoms with E-state index in [2.05, 4.69) is 6.07 Å². The highest BCUT2D eigenvalue weighted by atomic mass is 16.6. The summed E-state index contributed by atoms with van der Waals surface area (Å²) in [5, 5.41) is 47.2. The molecule has 15 nitrogen and oxygen atoms in total. The SMILES string of the molecule is COc1ccc(N=C2CC3(C(C#N)=C(N)N2c2ccc(OC)cc2)c2cc([N+](=O)[O-])ccc2-c2c([N+](=O)[O-])cc([N+](=O)[O-])cc23)cc1. The molecular weight excluding hydrogens is 610 g/mol. The number of hydrogen-bond acceptors (Lipinski definition) is 11. The summed E-state index contributed by atoms with van der Waals surface area (Å²) in [5.41, 5.74) is 4.75. The van der Waals surface area contributed by atoms with Gasteiger partial charge in [0, 0.05) is 30.3 Å². The number of nitrogens with two attached hydrogens (primary N) is 1. The minimum Gasteiger partial charge on any atom is -0.497 e. The Balaban J connectivity index is 1.74. The van der Waals surface area contributed by atoms with Gasteiger partial charge in [-0.1, -0.05) is 0 Å². The number of aliphatic imine (C=N–C) groups is 1. The second-order valence-electron chi connectivity index (χ2n) is 10.6. The van der Waals surface area contributed by atoms with Crippen LogP contribution in [0.25, 0.3) is 11.1 Å². The van der Waals surface area contributed by atoms with Crippen LogP contribution in [0.2, 0.25) is 0 Å². The Hall–Kier alpha value is -6.82. The van der Waals surface area contributed by atoms with Gasteiger partial charge in [-0.3, -0.25) is 35.2 Å². The highest BCUT2D eigenvalue weighted by Crippen LogP contribution is 2.60. The van der Waals surface area contributed by atoms with Crippen LogP contribution >= 0.6 is 0 Å². The topological polar surface area (TPSA) is 213 Å². The highest BCUT2D eigenvalue weighted by Gasteiger charge is 2.55. The molecule has 0 saturated carbocycles. The highest BCUT2D eigenvalue weighted by molar-refractivity contribution is 6.07. The van der Waals surface area contributed by atoms with E-state index in [9.17, 15) is 35.6 Å². The van der Waals surface area contributed by atoms with E-state index in [1.807, 2.05) is 0 Å². The van der Waals surface area contributed by atoms with Crippen LogP contribution in [0.4, 0.5) is 28.4 Å². The molecule has 1 heterocycles. The van der Waals surface area contributed by atoms with Crippen molar-refractivity contribution in [2.75, 3.05) is 19.1 Å². The summed E-state index contributed by atoms with van der Waals surface area (Å²) in [6.45, 7) is 0. The molecule has 1 aliphatic carbocycles. The number of nitro groups is 3. The van der Waals surface area contributed by atoms with Gasteiger partial charge < -0.3 is 15.2 Å². The molecule has 47 heavy (non-hydrogen) atoms. The van der Waals surface area contributed by atoms with Crippen LogP contribution in [0.15, 0.2) is 95.2 Å². The van der Waals surface area contributed by atoms with E-state index >= 15 is 0 Å². The minimum absolute atomic E-state index is 0.00672. The predicted molar refractivity (Wildman–Crippen MR) is 170 cm³/mol. The molecule has 15 heteroatoms. The normalized spacial score (nSPS) is 17.2. The van der Waals surface area contributed by atoms with Crippen LogP contribution in [-0.2, 0) is 5.41 Å². The number of amidine groups is 1. The molecule has 2 N–H and O–H groups in total. The first kappa shape index (κ1) is 30.2. The zero-order chi connectivity index (χ0) is 33.6. The largest absolute Gasteiger partial charge is 0.497 e. The zero-order valence-electron chi connectivity index (χ0n) is 24.7. The molecule has 4 aromatic carbocycles. The van der Waals surface area contributed by atoms with Crippen molar-refractivity contribution >= 4 is 34.3 Å². The van der Waals surface area contributed by atoms with Crippen molar-refractivity contribution in [2.24, 2.45) is 10.7 Å². The first-order chi connectivity index (χ1) is 22.5. The molecule has 1 spiro atoms. The number of nitriles is 1. The van der Waals surface area contributed by atoms with Crippen LogP contribution in [0.5, 0.6) is 11.5 Å². The molecule has 0 fully saturated rings. The number of fused-ring (bicyclic) bond motifs is 5. The van der Waals surface area contributed by atoms with Crippen LogP contribution in [-0.4, -0.2) is 34.8 Å².